The van der Waals surface area contributed by atoms with E-state index >= 15 is 0 Å². The lowest BCUT2D eigenvalue weighted by molar-refractivity contribution is -0.139. The molecule has 0 fully saturated rings. The molecule has 0 heterocycles. The van der Waals surface area contributed by atoms with Gasteiger partial charge in [0.1, 0.15) is 6.04 Å². The Hall–Kier alpha value is -2.02. The summed E-state index contributed by atoms with van der Waals surface area (Å²) in [5, 5.41) is 19.3. The SMILES string of the molecule is N#CNC(Cc1cc[c]cc1)C(=O)O. The van der Waals surface area contributed by atoms with Crippen molar-refractivity contribution in [1.29, 1.82) is 5.26 Å². The van der Waals surface area contributed by atoms with E-state index in [1.54, 1.807) is 30.5 Å². The van der Waals surface area contributed by atoms with E-state index in [1.807, 2.05) is 0 Å². The first-order valence-electron chi connectivity index (χ1n) is 4.06. The molecule has 0 bridgehead atoms. The van der Waals surface area contributed by atoms with E-state index < -0.39 is 12.0 Å². The first kappa shape index (κ1) is 10.1. The summed E-state index contributed by atoms with van der Waals surface area (Å²) in [5.41, 5.74) is 0.860. The van der Waals surface area contributed by atoms with Crippen LogP contribution in [-0.4, -0.2) is 17.1 Å². The molecule has 2 N–H and O–H groups in total. The molecule has 0 aliphatic rings. The van der Waals surface area contributed by atoms with Crippen LogP contribution in [0, 0.1) is 17.5 Å². The van der Waals surface area contributed by atoms with Crippen LogP contribution in [0.1, 0.15) is 5.56 Å². The van der Waals surface area contributed by atoms with E-state index in [-0.39, 0.29) is 6.42 Å². The predicted molar refractivity (Wildman–Crippen MR) is 49.2 cm³/mol. The molecule has 4 nitrogen and oxygen atoms in total. The van der Waals surface area contributed by atoms with Gasteiger partial charge in [0.2, 0.25) is 0 Å². The molecule has 71 valence electrons. The van der Waals surface area contributed by atoms with Crippen LogP contribution < -0.4 is 5.32 Å². The van der Waals surface area contributed by atoms with Crippen molar-refractivity contribution in [2.24, 2.45) is 0 Å². The average Bonchev–Trinajstić information content (AvgIpc) is 2.18. The third kappa shape index (κ3) is 2.79. The minimum absolute atomic E-state index is 0.289. The largest absolute Gasteiger partial charge is 0.480 e. The maximum absolute atomic E-state index is 10.7. The second-order valence-electron chi connectivity index (χ2n) is 2.76. The Morgan fingerprint density at radius 3 is 2.79 bits per heavy atom. The van der Waals surface area contributed by atoms with E-state index in [0.29, 0.717) is 0 Å². The van der Waals surface area contributed by atoms with E-state index in [0.717, 1.165) is 5.56 Å². The summed E-state index contributed by atoms with van der Waals surface area (Å²) in [6, 6.07) is 8.94. The highest BCUT2D eigenvalue weighted by Gasteiger charge is 2.16. The van der Waals surface area contributed by atoms with Crippen molar-refractivity contribution in [3.63, 3.8) is 0 Å². The highest BCUT2D eigenvalue weighted by Crippen LogP contribution is 2.02. The van der Waals surface area contributed by atoms with E-state index in [1.165, 1.54) is 0 Å². The second-order valence-corrected chi connectivity index (χ2v) is 2.76. The zero-order valence-corrected chi connectivity index (χ0v) is 7.40. The van der Waals surface area contributed by atoms with Crippen molar-refractivity contribution in [1.82, 2.24) is 5.32 Å². The van der Waals surface area contributed by atoms with Gasteiger partial charge in [-0.2, -0.15) is 5.26 Å². The molecule has 1 unspecified atom stereocenters. The number of carbonyl (C=O) groups is 1. The summed E-state index contributed by atoms with van der Waals surface area (Å²) < 4.78 is 0. The van der Waals surface area contributed by atoms with Gasteiger partial charge in [0.05, 0.1) is 0 Å². The molecule has 1 rings (SSSR count). The van der Waals surface area contributed by atoms with Gasteiger partial charge in [-0.25, -0.2) is 4.79 Å². The van der Waals surface area contributed by atoms with Gasteiger partial charge in [-0.1, -0.05) is 24.3 Å². The zero-order chi connectivity index (χ0) is 10.4. The van der Waals surface area contributed by atoms with E-state index in [2.05, 4.69) is 11.4 Å². The quantitative estimate of drug-likeness (QED) is 0.536. The average molecular weight is 189 g/mol. The first-order chi connectivity index (χ1) is 6.74. The Bertz CT molecular complexity index is 343. The summed E-state index contributed by atoms with van der Waals surface area (Å²) in [6.07, 6.45) is 1.92. The van der Waals surface area contributed by atoms with Gasteiger partial charge in [-0.3, -0.25) is 0 Å². The number of nitrogens with zero attached hydrogens (tertiary/aromatic N) is 1. The number of rotatable bonds is 4. The molecule has 0 amide bonds. The Morgan fingerprint density at radius 1 is 1.64 bits per heavy atom. The number of carboxylic acids is 1. The van der Waals surface area contributed by atoms with Gasteiger partial charge < -0.3 is 10.4 Å². The Labute approximate surface area is 81.8 Å². The third-order valence-corrected chi connectivity index (χ3v) is 1.76. The van der Waals surface area contributed by atoms with Crippen LogP contribution in [0.15, 0.2) is 24.3 Å². The maximum atomic E-state index is 10.7. The standard InChI is InChI=1S/C10H9N2O2/c11-7-12-9(10(13)14)6-8-4-2-1-3-5-8/h2-5,9,12H,6H2,(H,13,14). The summed E-state index contributed by atoms with van der Waals surface area (Å²) in [5.74, 6) is -1.03. The monoisotopic (exact) mass is 189 g/mol. The van der Waals surface area contributed by atoms with Gasteiger partial charge in [-0.15, -0.1) is 0 Å². The highest BCUT2D eigenvalue weighted by atomic mass is 16.4. The normalized spacial score (nSPS) is 11.4. The van der Waals surface area contributed by atoms with Crippen molar-refractivity contribution in [3.05, 3.63) is 35.9 Å². The van der Waals surface area contributed by atoms with Crippen LogP contribution >= 0.6 is 0 Å². The van der Waals surface area contributed by atoms with Crippen molar-refractivity contribution >= 4 is 5.97 Å². The van der Waals surface area contributed by atoms with Crippen LogP contribution in [-0.2, 0) is 11.2 Å². The van der Waals surface area contributed by atoms with Crippen LogP contribution in [0.5, 0.6) is 0 Å². The topological polar surface area (TPSA) is 73.1 Å². The molecule has 1 radical (unpaired) electrons. The van der Waals surface area contributed by atoms with Crippen LogP contribution in [0.2, 0.25) is 0 Å². The first-order valence-corrected chi connectivity index (χ1v) is 4.06. The fourth-order valence-electron chi connectivity index (χ4n) is 1.07. The number of nitriles is 1. The molecule has 1 aromatic rings. The molecule has 0 saturated carbocycles. The van der Waals surface area contributed by atoms with Crippen molar-refractivity contribution < 1.29 is 9.90 Å². The smallest absolute Gasteiger partial charge is 0.327 e. The molecule has 4 heteroatoms. The maximum Gasteiger partial charge on any atom is 0.327 e. The molecular weight excluding hydrogens is 180 g/mol. The lowest BCUT2D eigenvalue weighted by Gasteiger charge is -2.09. The molecule has 1 atom stereocenters. The Balaban J connectivity index is 2.66. The van der Waals surface area contributed by atoms with Gasteiger partial charge in [-0.05, 0) is 11.6 Å². The van der Waals surface area contributed by atoms with Gasteiger partial charge in [0.15, 0.2) is 6.19 Å². The number of carboxylic acid groups (broad SMARTS) is 1. The lowest BCUT2D eigenvalue weighted by atomic mass is 10.1. The number of benzene rings is 1. The third-order valence-electron chi connectivity index (χ3n) is 1.76. The van der Waals surface area contributed by atoms with Gasteiger partial charge in [0, 0.05) is 6.42 Å². The fourth-order valence-corrected chi connectivity index (χ4v) is 1.07. The molecule has 0 aliphatic carbocycles. The number of hydrogen-bond acceptors (Lipinski definition) is 3. The summed E-state index contributed by atoms with van der Waals surface area (Å²) in [7, 11) is 0. The van der Waals surface area contributed by atoms with E-state index in [4.69, 9.17) is 10.4 Å². The van der Waals surface area contributed by atoms with Crippen molar-refractivity contribution in [3.8, 4) is 6.19 Å². The number of aliphatic carboxylic acids is 1. The summed E-state index contributed by atoms with van der Waals surface area (Å²) in [4.78, 5) is 10.7. The molecule has 14 heavy (non-hydrogen) atoms. The lowest BCUT2D eigenvalue weighted by Crippen LogP contribution is -2.35. The summed E-state index contributed by atoms with van der Waals surface area (Å²) in [6.45, 7) is 0. The minimum atomic E-state index is -1.03. The van der Waals surface area contributed by atoms with Crippen LogP contribution in [0.3, 0.4) is 0 Å². The summed E-state index contributed by atoms with van der Waals surface area (Å²) >= 11 is 0. The van der Waals surface area contributed by atoms with Crippen LogP contribution in [0.4, 0.5) is 0 Å². The molecule has 1 aromatic carbocycles. The Morgan fingerprint density at radius 2 is 2.29 bits per heavy atom. The molecular formula is C10H9N2O2. The predicted octanol–water partition coefficient (Wildman–Crippen LogP) is 0.553. The highest BCUT2D eigenvalue weighted by molar-refractivity contribution is 5.74. The number of nitrogens with one attached hydrogen (secondary N) is 1. The molecule has 0 spiro atoms. The van der Waals surface area contributed by atoms with Gasteiger partial charge in [0.25, 0.3) is 0 Å². The zero-order valence-electron chi connectivity index (χ0n) is 7.40. The Kier molecular flexibility index (Phi) is 3.50. The van der Waals surface area contributed by atoms with Crippen LogP contribution in [0.25, 0.3) is 0 Å². The second kappa shape index (κ2) is 4.87. The van der Waals surface area contributed by atoms with Crippen molar-refractivity contribution in [2.75, 3.05) is 0 Å². The molecule has 0 saturated heterocycles. The molecule has 0 aromatic heterocycles. The molecule has 0 aliphatic heterocycles. The fraction of sp³-hybridized carbons (Fsp3) is 0.200. The number of hydrogen-bond donors (Lipinski definition) is 2. The van der Waals surface area contributed by atoms with Gasteiger partial charge >= 0.3 is 5.97 Å². The van der Waals surface area contributed by atoms with Crippen molar-refractivity contribution in [2.45, 2.75) is 12.5 Å². The van der Waals surface area contributed by atoms with E-state index in [9.17, 15) is 4.79 Å². The minimum Gasteiger partial charge on any atom is -0.480 e.